The Morgan fingerprint density at radius 1 is 1.25 bits per heavy atom. The molecule has 0 aliphatic rings. The monoisotopic (exact) mass is 280 g/mol. The van der Waals surface area contributed by atoms with Gasteiger partial charge < -0.3 is 9.42 Å². The smallest absolute Gasteiger partial charge is 0.167 e. The molecule has 0 fully saturated rings. The molecule has 0 radical (unpaired) electrons. The topological polar surface area (TPSA) is 29.3 Å². The minimum atomic E-state index is 0.715. The second-order valence-electron chi connectivity index (χ2n) is 3.76. The van der Waals surface area contributed by atoms with Crippen molar-refractivity contribution < 1.29 is 4.52 Å². The van der Waals surface area contributed by atoms with Crippen molar-refractivity contribution in [2.45, 2.75) is 5.33 Å². The first kappa shape index (κ1) is 11.2. The lowest BCUT2D eigenvalue weighted by Gasteiger charge is -2.11. The fraction of sp³-hybridized carbons (Fsp3) is 0.250. The minimum Gasteiger partial charge on any atom is -0.378 e. The van der Waals surface area contributed by atoms with Gasteiger partial charge in [-0.25, -0.2) is 0 Å². The first-order chi connectivity index (χ1) is 7.70. The van der Waals surface area contributed by atoms with Crippen LogP contribution >= 0.6 is 15.9 Å². The minimum absolute atomic E-state index is 0.715. The van der Waals surface area contributed by atoms with Crippen LogP contribution in [0.25, 0.3) is 11.3 Å². The summed E-state index contributed by atoms with van der Waals surface area (Å²) in [6.45, 7) is 0. The highest BCUT2D eigenvalue weighted by Gasteiger charge is 2.05. The van der Waals surface area contributed by atoms with E-state index in [4.69, 9.17) is 4.52 Å². The maximum atomic E-state index is 5.25. The molecule has 0 aliphatic heterocycles. The number of alkyl halides is 1. The van der Waals surface area contributed by atoms with E-state index in [-0.39, 0.29) is 0 Å². The highest BCUT2D eigenvalue weighted by molar-refractivity contribution is 9.08. The summed E-state index contributed by atoms with van der Waals surface area (Å²) in [7, 11) is 4.04. The van der Waals surface area contributed by atoms with Crippen LogP contribution in [0.2, 0.25) is 0 Å². The lowest BCUT2D eigenvalue weighted by Crippen LogP contribution is -2.07. The molecule has 16 heavy (non-hydrogen) atoms. The van der Waals surface area contributed by atoms with Crippen molar-refractivity contribution in [3.05, 3.63) is 36.0 Å². The number of hydrogen-bond donors (Lipinski definition) is 0. The Bertz CT molecular complexity index is 462. The van der Waals surface area contributed by atoms with Crippen LogP contribution in [0.5, 0.6) is 0 Å². The van der Waals surface area contributed by atoms with E-state index >= 15 is 0 Å². The maximum absolute atomic E-state index is 5.25. The van der Waals surface area contributed by atoms with E-state index in [9.17, 15) is 0 Å². The molecule has 0 atom stereocenters. The summed E-state index contributed by atoms with van der Waals surface area (Å²) < 4.78 is 5.25. The van der Waals surface area contributed by atoms with Gasteiger partial charge in [0.05, 0.1) is 5.69 Å². The highest BCUT2D eigenvalue weighted by atomic mass is 79.9. The van der Waals surface area contributed by atoms with E-state index in [0.29, 0.717) is 5.33 Å². The van der Waals surface area contributed by atoms with Crippen molar-refractivity contribution >= 4 is 21.6 Å². The van der Waals surface area contributed by atoms with Gasteiger partial charge in [-0.05, 0) is 24.3 Å². The van der Waals surface area contributed by atoms with Gasteiger partial charge in [0.25, 0.3) is 0 Å². The fourth-order valence-electron chi connectivity index (χ4n) is 1.43. The molecule has 2 aromatic rings. The van der Waals surface area contributed by atoms with Crippen LogP contribution in [-0.4, -0.2) is 19.3 Å². The molecule has 0 saturated heterocycles. The summed E-state index contributed by atoms with van der Waals surface area (Å²) in [6.07, 6.45) is 0. The van der Waals surface area contributed by atoms with Crippen LogP contribution in [0.1, 0.15) is 5.69 Å². The first-order valence-electron chi connectivity index (χ1n) is 5.00. The van der Waals surface area contributed by atoms with Gasteiger partial charge in [-0.15, -0.1) is 0 Å². The van der Waals surface area contributed by atoms with Crippen molar-refractivity contribution in [1.29, 1.82) is 0 Å². The van der Waals surface area contributed by atoms with Gasteiger partial charge in [-0.1, -0.05) is 21.1 Å². The lowest BCUT2D eigenvalue weighted by molar-refractivity contribution is 0.426. The van der Waals surface area contributed by atoms with Crippen molar-refractivity contribution in [3.8, 4) is 11.3 Å². The quantitative estimate of drug-likeness (QED) is 0.808. The van der Waals surface area contributed by atoms with Crippen molar-refractivity contribution in [2.75, 3.05) is 19.0 Å². The Balaban J connectivity index is 2.27. The molecule has 84 valence electrons. The van der Waals surface area contributed by atoms with Gasteiger partial charge in [0, 0.05) is 36.7 Å². The van der Waals surface area contributed by atoms with Crippen molar-refractivity contribution in [1.82, 2.24) is 5.16 Å². The summed E-state index contributed by atoms with van der Waals surface area (Å²) in [5, 5.41) is 4.65. The van der Waals surface area contributed by atoms with E-state index in [1.807, 2.05) is 32.3 Å². The highest BCUT2D eigenvalue weighted by Crippen LogP contribution is 2.23. The van der Waals surface area contributed by atoms with Gasteiger partial charge in [-0.3, -0.25) is 0 Å². The first-order valence-corrected chi connectivity index (χ1v) is 6.12. The molecule has 0 amide bonds. The number of benzene rings is 1. The molecule has 1 heterocycles. The number of anilines is 1. The summed E-state index contributed by atoms with van der Waals surface area (Å²) in [6, 6.07) is 10.1. The fourth-order valence-corrected chi connectivity index (χ4v) is 1.70. The largest absolute Gasteiger partial charge is 0.378 e. The molecule has 0 unspecified atom stereocenters. The van der Waals surface area contributed by atoms with Gasteiger partial charge in [0.1, 0.15) is 0 Å². The van der Waals surface area contributed by atoms with Gasteiger partial charge in [0.15, 0.2) is 5.76 Å². The second-order valence-corrected chi connectivity index (χ2v) is 4.32. The number of nitrogens with zero attached hydrogens (tertiary/aromatic N) is 2. The van der Waals surface area contributed by atoms with E-state index in [0.717, 1.165) is 17.0 Å². The van der Waals surface area contributed by atoms with Crippen molar-refractivity contribution in [3.63, 3.8) is 0 Å². The van der Waals surface area contributed by atoms with E-state index in [1.54, 1.807) is 0 Å². The SMILES string of the molecule is CN(C)c1ccc(-c2cc(CBr)no2)cc1. The van der Waals surface area contributed by atoms with Crippen LogP contribution < -0.4 is 4.90 Å². The number of rotatable bonds is 3. The molecule has 0 bridgehead atoms. The zero-order valence-corrected chi connectivity index (χ0v) is 10.9. The Morgan fingerprint density at radius 2 is 1.94 bits per heavy atom. The Morgan fingerprint density at radius 3 is 2.44 bits per heavy atom. The second kappa shape index (κ2) is 4.70. The standard InChI is InChI=1S/C12H13BrN2O/c1-15(2)11-5-3-9(4-6-11)12-7-10(8-13)14-16-12/h3-7H,8H2,1-2H3. The molecular weight excluding hydrogens is 268 g/mol. The molecule has 3 nitrogen and oxygen atoms in total. The molecule has 1 aromatic heterocycles. The average Bonchev–Trinajstić information content (AvgIpc) is 2.77. The molecule has 1 aromatic carbocycles. The molecule has 0 saturated carbocycles. The molecule has 0 aliphatic carbocycles. The van der Waals surface area contributed by atoms with E-state index in [1.165, 1.54) is 5.69 Å². The van der Waals surface area contributed by atoms with Crippen LogP contribution in [0.4, 0.5) is 5.69 Å². The average molecular weight is 281 g/mol. The van der Waals surface area contributed by atoms with Gasteiger partial charge >= 0.3 is 0 Å². The maximum Gasteiger partial charge on any atom is 0.167 e. The number of halogens is 1. The molecule has 2 rings (SSSR count). The predicted octanol–water partition coefficient (Wildman–Crippen LogP) is 3.30. The molecule has 0 N–H and O–H groups in total. The van der Waals surface area contributed by atoms with Crippen LogP contribution in [-0.2, 0) is 5.33 Å². The summed E-state index contributed by atoms with van der Waals surface area (Å²) in [4.78, 5) is 2.06. The zero-order chi connectivity index (χ0) is 11.5. The van der Waals surface area contributed by atoms with Crippen molar-refractivity contribution in [2.24, 2.45) is 0 Å². The number of hydrogen-bond acceptors (Lipinski definition) is 3. The Labute approximate surface area is 103 Å². The summed E-state index contributed by atoms with van der Waals surface area (Å²) >= 11 is 3.34. The van der Waals surface area contributed by atoms with Gasteiger partial charge in [0.2, 0.25) is 0 Å². The summed E-state index contributed by atoms with van der Waals surface area (Å²) in [5.74, 6) is 0.805. The lowest BCUT2D eigenvalue weighted by atomic mass is 10.1. The zero-order valence-electron chi connectivity index (χ0n) is 9.27. The van der Waals surface area contributed by atoms with Gasteiger partial charge in [-0.2, -0.15) is 0 Å². The predicted molar refractivity (Wildman–Crippen MR) is 68.9 cm³/mol. The number of aromatic nitrogens is 1. The molecule has 0 spiro atoms. The Kier molecular flexibility index (Phi) is 3.29. The van der Waals surface area contributed by atoms with Crippen LogP contribution in [0, 0.1) is 0 Å². The Hall–Kier alpha value is -1.29. The molecule has 4 heteroatoms. The van der Waals surface area contributed by atoms with Crippen LogP contribution in [0.15, 0.2) is 34.9 Å². The third-order valence-corrected chi connectivity index (χ3v) is 2.94. The normalized spacial score (nSPS) is 10.4. The van der Waals surface area contributed by atoms with Crippen LogP contribution in [0.3, 0.4) is 0 Å². The van der Waals surface area contributed by atoms with E-state index in [2.05, 4.69) is 38.1 Å². The summed E-state index contributed by atoms with van der Waals surface area (Å²) in [5.41, 5.74) is 3.13. The van der Waals surface area contributed by atoms with E-state index < -0.39 is 0 Å². The third-order valence-electron chi connectivity index (χ3n) is 2.36. The molecular formula is C12H13BrN2O. The third kappa shape index (κ3) is 2.27.